The van der Waals surface area contributed by atoms with E-state index in [1.165, 1.54) is 4.90 Å². The van der Waals surface area contributed by atoms with Crippen molar-refractivity contribution < 1.29 is 24.2 Å². The number of thiocarbonyl (C=S) groups is 1. The summed E-state index contributed by atoms with van der Waals surface area (Å²) in [5, 5.41) is 9.18. The van der Waals surface area contributed by atoms with E-state index < -0.39 is 5.97 Å². The molecule has 0 aliphatic carbocycles. The van der Waals surface area contributed by atoms with Gasteiger partial charge in [-0.1, -0.05) is 35.6 Å². The third kappa shape index (κ3) is 4.08. The highest BCUT2D eigenvalue weighted by atomic mass is 35.5. The molecular formula is C16H14ClNO5S2. The lowest BCUT2D eigenvalue weighted by Gasteiger charge is -2.12. The number of thioether (sulfide) groups is 1. The number of hydrogen-bond acceptors (Lipinski definition) is 6. The van der Waals surface area contributed by atoms with Crippen LogP contribution in [-0.2, 0) is 9.59 Å². The van der Waals surface area contributed by atoms with Gasteiger partial charge in [0, 0.05) is 13.0 Å². The second-order valence-corrected chi connectivity index (χ2v) is 7.44. The summed E-state index contributed by atoms with van der Waals surface area (Å²) < 4.78 is 11.6. The highest BCUT2D eigenvalue weighted by Gasteiger charge is 2.32. The lowest BCUT2D eigenvalue weighted by Crippen LogP contribution is -2.30. The van der Waals surface area contributed by atoms with E-state index in [-0.39, 0.29) is 18.9 Å². The number of hydrogen-bond donors (Lipinski definition) is 1. The van der Waals surface area contributed by atoms with Gasteiger partial charge in [-0.3, -0.25) is 14.5 Å². The number of benzene rings is 1. The molecular weight excluding hydrogens is 386 g/mol. The number of carboxylic acid groups (broad SMARTS) is 1. The molecule has 0 aromatic heterocycles. The molecule has 0 unspecified atom stereocenters. The van der Waals surface area contributed by atoms with E-state index in [1.807, 2.05) is 0 Å². The Balaban J connectivity index is 1.84. The number of aliphatic carboxylic acids is 1. The molecule has 0 bridgehead atoms. The lowest BCUT2D eigenvalue weighted by atomic mass is 10.1. The number of halogens is 1. The highest BCUT2D eigenvalue weighted by molar-refractivity contribution is 8.26. The van der Waals surface area contributed by atoms with Gasteiger partial charge in [-0.15, -0.1) is 0 Å². The van der Waals surface area contributed by atoms with Gasteiger partial charge < -0.3 is 14.6 Å². The number of amides is 1. The zero-order valence-electron chi connectivity index (χ0n) is 13.0. The molecule has 2 aliphatic rings. The van der Waals surface area contributed by atoms with Crippen molar-refractivity contribution in [2.24, 2.45) is 0 Å². The lowest BCUT2D eigenvalue weighted by molar-refractivity contribution is -0.137. The van der Waals surface area contributed by atoms with Crippen LogP contribution in [0.5, 0.6) is 11.5 Å². The van der Waals surface area contributed by atoms with Gasteiger partial charge >= 0.3 is 5.97 Å². The Morgan fingerprint density at radius 3 is 2.92 bits per heavy atom. The summed E-state index contributed by atoms with van der Waals surface area (Å²) in [6, 6.07) is 3.45. The predicted octanol–water partition coefficient (Wildman–Crippen LogP) is 3.18. The summed E-state index contributed by atoms with van der Waals surface area (Å²) in [6.45, 7) is 1.12. The fraction of sp³-hybridized carbons (Fsp3) is 0.312. The molecule has 25 heavy (non-hydrogen) atoms. The molecule has 1 aromatic carbocycles. The minimum Gasteiger partial charge on any atom is -0.489 e. The first-order valence-corrected chi connectivity index (χ1v) is 9.12. The van der Waals surface area contributed by atoms with Gasteiger partial charge in [0.05, 0.1) is 29.6 Å². The van der Waals surface area contributed by atoms with E-state index in [2.05, 4.69) is 0 Å². The van der Waals surface area contributed by atoms with Crippen LogP contribution in [0, 0.1) is 0 Å². The van der Waals surface area contributed by atoms with Crippen LogP contribution < -0.4 is 9.47 Å². The van der Waals surface area contributed by atoms with Gasteiger partial charge in [0.2, 0.25) is 0 Å². The number of nitrogens with zero attached hydrogens (tertiary/aromatic N) is 1. The molecule has 9 heteroatoms. The molecule has 2 aliphatic heterocycles. The molecule has 0 spiro atoms. The van der Waals surface area contributed by atoms with Crippen LogP contribution in [0.3, 0.4) is 0 Å². The Morgan fingerprint density at radius 1 is 1.40 bits per heavy atom. The van der Waals surface area contributed by atoms with E-state index in [0.717, 1.165) is 18.2 Å². The van der Waals surface area contributed by atoms with Crippen LogP contribution in [0.2, 0.25) is 5.02 Å². The van der Waals surface area contributed by atoms with Gasteiger partial charge in [-0.05, 0) is 23.8 Å². The molecule has 1 N–H and O–H groups in total. The van der Waals surface area contributed by atoms with Crippen molar-refractivity contribution in [3.63, 3.8) is 0 Å². The summed E-state index contributed by atoms with van der Waals surface area (Å²) in [5.74, 6) is -0.241. The van der Waals surface area contributed by atoms with Crippen molar-refractivity contribution in [2.45, 2.75) is 12.8 Å². The van der Waals surface area contributed by atoms with Gasteiger partial charge in [-0.2, -0.15) is 0 Å². The average molecular weight is 400 g/mol. The molecule has 1 saturated heterocycles. The molecule has 0 saturated carbocycles. The van der Waals surface area contributed by atoms with Crippen molar-refractivity contribution in [2.75, 3.05) is 19.8 Å². The first-order valence-electron chi connectivity index (χ1n) is 7.52. The topological polar surface area (TPSA) is 76.1 Å². The van der Waals surface area contributed by atoms with Crippen molar-refractivity contribution in [3.05, 3.63) is 27.6 Å². The molecule has 1 fully saturated rings. The summed E-state index contributed by atoms with van der Waals surface area (Å²) in [6.07, 6.45) is 2.28. The molecule has 1 amide bonds. The van der Waals surface area contributed by atoms with Crippen LogP contribution in [0.4, 0.5) is 0 Å². The highest BCUT2D eigenvalue weighted by Crippen LogP contribution is 2.40. The Hall–Kier alpha value is -1.77. The Morgan fingerprint density at radius 2 is 2.16 bits per heavy atom. The van der Waals surface area contributed by atoms with Crippen LogP contribution in [0.1, 0.15) is 18.4 Å². The molecule has 2 heterocycles. The second kappa shape index (κ2) is 7.63. The quantitative estimate of drug-likeness (QED) is 0.615. The standard InChI is InChI=1S/C16H14ClNO5S2/c17-10-6-9(7-11-14(10)23-5-1-4-22-11)8-12-15(21)18(16(24)25-12)3-2-13(19)20/h6-8H,1-5H2,(H,19,20). The normalized spacial score (nSPS) is 18.6. The Labute approximate surface area is 158 Å². The summed E-state index contributed by atoms with van der Waals surface area (Å²) in [5.41, 5.74) is 0.688. The summed E-state index contributed by atoms with van der Waals surface area (Å²) >= 11 is 12.6. The van der Waals surface area contributed by atoms with E-state index in [1.54, 1.807) is 18.2 Å². The van der Waals surface area contributed by atoms with Crippen LogP contribution in [0.15, 0.2) is 17.0 Å². The predicted molar refractivity (Wildman–Crippen MR) is 99.2 cm³/mol. The fourth-order valence-corrected chi connectivity index (χ4v) is 3.97. The Kier molecular flexibility index (Phi) is 5.51. The SMILES string of the molecule is O=C(O)CCN1C(=O)C(=Cc2cc(Cl)c3c(c2)OCCCO3)SC1=S. The summed E-state index contributed by atoms with van der Waals surface area (Å²) in [7, 11) is 0. The third-order valence-corrected chi connectivity index (χ3v) is 5.20. The van der Waals surface area contributed by atoms with Crippen LogP contribution in [-0.4, -0.2) is 46.0 Å². The van der Waals surface area contributed by atoms with E-state index in [4.69, 9.17) is 38.4 Å². The number of carbonyl (C=O) groups excluding carboxylic acids is 1. The van der Waals surface area contributed by atoms with Gasteiger partial charge in [-0.25, -0.2) is 0 Å². The minimum atomic E-state index is -0.979. The van der Waals surface area contributed by atoms with Gasteiger partial charge in [0.25, 0.3) is 5.91 Å². The van der Waals surface area contributed by atoms with E-state index in [0.29, 0.717) is 44.5 Å². The van der Waals surface area contributed by atoms with Gasteiger partial charge in [0.1, 0.15) is 4.32 Å². The second-order valence-electron chi connectivity index (χ2n) is 5.36. The number of carboxylic acids is 1. The van der Waals surface area contributed by atoms with E-state index in [9.17, 15) is 9.59 Å². The molecule has 6 nitrogen and oxygen atoms in total. The Bertz CT molecular complexity index is 780. The van der Waals surface area contributed by atoms with Crippen LogP contribution >= 0.6 is 35.6 Å². The number of carbonyl (C=O) groups is 2. The molecule has 3 rings (SSSR count). The van der Waals surface area contributed by atoms with Crippen LogP contribution in [0.25, 0.3) is 6.08 Å². The average Bonchev–Trinajstić information content (AvgIpc) is 2.73. The minimum absolute atomic E-state index is 0.0548. The van der Waals surface area contributed by atoms with E-state index >= 15 is 0 Å². The molecule has 0 radical (unpaired) electrons. The van der Waals surface area contributed by atoms with Gasteiger partial charge in [0.15, 0.2) is 11.5 Å². The van der Waals surface area contributed by atoms with Crippen molar-refractivity contribution in [3.8, 4) is 11.5 Å². The van der Waals surface area contributed by atoms with Crippen molar-refractivity contribution >= 4 is 57.9 Å². The summed E-state index contributed by atoms with van der Waals surface area (Å²) in [4.78, 5) is 24.8. The smallest absolute Gasteiger partial charge is 0.305 e. The maximum absolute atomic E-state index is 12.4. The first kappa shape index (κ1) is 18.0. The number of fused-ring (bicyclic) bond motifs is 1. The molecule has 0 atom stereocenters. The number of rotatable bonds is 4. The number of ether oxygens (including phenoxy) is 2. The zero-order chi connectivity index (χ0) is 18.0. The maximum Gasteiger partial charge on any atom is 0.305 e. The third-order valence-electron chi connectivity index (χ3n) is 3.55. The maximum atomic E-state index is 12.4. The molecule has 132 valence electrons. The van der Waals surface area contributed by atoms with Crippen molar-refractivity contribution in [1.29, 1.82) is 0 Å². The van der Waals surface area contributed by atoms with Crippen molar-refractivity contribution in [1.82, 2.24) is 4.90 Å². The first-order chi connectivity index (χ1) is 12.0. The zero-order valence-corrected chi connectivity index (χ0v) is 15.4. The molecule has 1 aromatic rings. The largest absolute Gasteiger partial charge is 0.489 e. The fourth-order valence-electron chi connectivity index (χ4n) is 2.39. The monoisotopic (exact) mass is 399 g/mol.